The van der Waals surface area contributed by atoms with Gasteiger partial charge in [-0.3, -0.25) is 4.79 Å². The van der Waals surface area contributed by atoms with Crippen LogP contribution in [0.3, 0.4) is 0 Å². The van der Waals surface area contributed by atoms with Crippen LogP contribution in [0, 0.1) is 46.3 Å². The minimum atomic E-state index is -1.60. The molecule has 1 heterocycles. The van der Waals surface area contributed by atoms with Gasteiger partial charge in [-0.15, -0.1) is 0 Å². The van der Waals surface area contributed by atoms with Gasteiger partial charge in [0.1, 0.15) is 5.60 Å². The number of allylic oxidation sites excluding steroid dienone is 1. The molecule has 0 radical (unpaired) electrons. The lowest BCUT2D eigenvalue weighted by Crippen LogP contribution is -2.68. The number of aliphatic hydroxyl groups is 6. The smallest absolute Gasteiger partial charge is 0.160 e. The molecule has 1 spiro atoms. The number of phenolic OH excluding ortho intramolecular Hbond substituents is 2. The number of carbonyl (C=O) groups excluding carboxylic acids is 1. The summed E-state index contributed by atoms with van der Waals surface area (Å²) < 4.78 is 6.90. The maximum absolute atomic E-state index is 14.4. The molecule has 48 heavy (non-hydrogen) atoms. The quantitative estimate of drug-likeness (QED) is 0.222. The number of aliphatic hydroxyl groups excluding tert-OH is 4. The Morgan fingerprint density at radius 2 is 1.71 bits per heavy atom. The first kappa shape index (κ1) is 34.4. The molecular weight excluding hydrogens is 616 g/mol. The minimum absolute atomic E-state index is 0.0955. The van der Waals surface area contributed by atoms with E-state index in [-0.39, 0.29) is 48.7 Å². The second-order valence-corrected chi connectivity index (χ2v) is 17.2. The zero-order chi connectivity index (χ0) is 34.9. The molecule has 0 bridgehead atoms. The van der Waals surface area contributed by atoms with Crippen LogP contribution in [0.4, 0.5) is 0 Å². The molecule has 1 aromatic rings. The molecule has 4 saturated carbocycles. The van der Waals surface area contributed by atoms with Gasteiger partial charge in [0.25, 0.3) is 0 Å². The Labute approximate surface area is 282 Å². The third-order valence-corrected chi connectivity index (χ3v) is 15.3. The van der Waals surface area contributed by atoms with Crippen LogP contribution in [-0.4, -0.2) is 94.5 Å². The van der Waals surface area contributed by atoms with Gasteiger partial charge in [0.05, 0.1) is 35.6 Å². The van der Waals surface area contributed by atoms with Gasteiger partial charge in [-0.05, 0) is 91.0 Å². The van der Waals surface area contributed by atoms with Crippen LogP contribution < -0.4 is 0 Å². The van der Waals surface area contributed by atoms with Crippen molar-refractivity contribution in [2.45, 2.75) is 127 Å². The highest BCUT2D eigenvalue weighted by Gasteiger charge is 2.80. The van der Waals surface area contributed by atoms with Crippen molar-refractivity contribution < 1.29 is 50.4 Å². The normalized spacial score (nSPS) is 53.0. The number of benzene rings is 1. The van der Waals surface area contributed by atoms with Crippen molar-refractivity contribution in [2.75, 3.05) is 6.61 Å². The highest BCUT2D eigenvalue weighted by Crippen LogP contribution is 2.75. The summed E-state index contributed by atoms with van der Waals surface area (Å²) in [5.41, 5.74) is -5.34. The van der Waals surface area contributed by atoms with Crippen LogP contribution in [0.2, 0.25) is 0 Å². The van der Waals surface area contributed by atoms with E-state index in [4.69, 9.17) is 4.74 Å². The molecular formula is C38H54O10. The summed E-state index contributed by atoms with van der Waals surface area (Å²) in [7, 11) is 0. The first-order chi connectivity index (χ1) is 22.4. The van der Waals surface area contributed by atoms with Gasteiger partial charge < -0.3 is 45.6 Å². The van der Waals surface area contributed by atoms with Crippen molar-refractivity contribution in [1.29, 1.82) is 0 Å². The molecule has 1 aromatic carbocycles. The third-order valence-electron chi connectivity index (χ3n) is 15.3. The zero-order valence-corrected chi connectivity index (χ0v) is 28.7. The number of rotatable bonds is 3. The lowest BCUT2D eigenvalue weighted by Gasteiger charge is -2.64. The van der Waals surface area contributed by atoms with Crippen molar-refractivity contribution in [3.05, 3.63) is 35.4 Å². The molecule has 1 aliphatic heterocycles. The van der Waals surface area contributed by atoms with Gasteiger partial charge >= 0.3 is 0 Å². The number of ketones is 1. The van der Waals surface area contributed by atoms with Gasteiger partial charge in [-0.2, -0.15) is 0 Å². The molecule has 266 valence electrons. The SMILES string of the molecule is C[C@H]1[C@@H](C)CCC[C@]2(O[C@H]3C[C@]4(O)C5=CC(=O)[C@H]6[C@@H](c7ccc(O)c(O)c7)[C@@H](O)[C@@H](O)C[C@]6(C)[C@@H]5C[C@H](CCO)[C@]4(C)[C@@H]3[C@@]2(C)O)[C@H]1O. The molecule has 8 N–H and O–H groups in total. The van der Waals surface area contributed by atoms with Crippen molar-refractivity contribution in [3.63, 3.8) is 0 Å². The fourth-order valence-corrected chi connectivity index (χ4v) is 12.7. The predicted octanol–water partition coefficient (Wildman–Crippen LogP) is 2.92. The van der Waals surface area contributed by atoms with Crippen molar-refractivity contribution in [2.24, 2.45) is 46.3 Å². The number of fused-ring (bicyclic) bond motifs is 7. The largest absolute Gasteiger partial charge is 0.504 e. The molecule has 0 unspecified atom stereocenters. The van der Waals surface area contributed by atoms with E-state index in [1.165, 1.54) is 18.2 Å². The van der Waals surface area contributed by atoms with E-state index in [0.717, 1.165) is 12.8 Å². The Morgan fingerprint density at radius 1 is 1.00 bits per heavy atom. The molecule has 0 amide bonds. The van der Waals surface area contributed by atoms with Crippen LogP contribution in [0.5, 0.6) is 11.5 Å². The fraction of sp³-hybridized carbons (Fsp3) is 0.763. The molecule has 6 aliphatic rings. The van der Waals surface area contributed by atoms with Gasteiger partial charge in [-0.25, -0.2) is 0 Å². The Bertz CT molecular complexity index is 1510. The topological polar surface area (TPSA) is 188 Å². The van der Waals surface area contributed by atoms with Gasteiger partial charge in [0.15, 0.2) is 17.3 Å². The summed E-state index contributed by atoms with van der Waals surface area (Å²) in [5.74, 6) is -3.91. The van der Waals surface area contributed by atoms with Crippen LogP contribution in [0.15, 0.2) is 29.8 Å². The molecule has 10 nitrogen and oxygen atoms in total. The summed E-state index contributed by atoms with van der Waals surface area (Å²) >= 11 is 0. The van der Waals surface area contributed by atoms with Gasteiger partial charge in [-0.1, -0.05) is 46.6 Å². The van der Waals surface area contributed by atoms with Crippen LogP contribution in [0.1, 0.15) is 91.0 Å². The lowest BCUT2D eigenvalue weighted by atomic mass is 9.41. The molecule has 10 heteroatoms. The highest BCUT2D eigenvalue weighted by atomic mass is 16.6. The van der Waals surface area contributed by atoms with E-state index in [2.05, 4.69) is 6.92 Å². The van der Waals surface area contributed by atoms with E-state index < -0.39 is 81.5 Å². The maximum atomic E-state index is 14.4. The molecule has 7 rings (SSSR count). The Balaban J connectivity index is 1.35. The third kappa shape index (κ3) is 4.14. The monoisotopic (exact) mass is 670 g/mol. The molecule has 0 aromatic heterocycles. The maximum Gasteiger partial charge on any atom is 0.160 e. The molecule has 5 aliphatic carbocycles. The fourth-order valence-electron chi connectivity index (χ4n) is 12.7. The van der Waals surface area contributed by atoms with E-state index in [1.807, 2.05) is 20.8 Å². The first-order valence-electron chi connectivity index (χ1n) is 18.0. The summed E-state index contributed by atoms with van der Waals surface area (Å²) in [6, 6.07) is 4.18. The van der Waals surface area contributed by atoms with E-state index in [9.17, 15) is 45.6 Å². The van der Waals surface area contributed by atoms with Crippen molar-refractivity contribution in [1.82, 2.24) is 0 Å². The average molecular weight is 671 g/mol. The predicted molar refractivity (Wildman–Crippen MR) is 175 cm³/mol. The number of aromatic hydroxyl groups is 2. The highest BCUT2D eigenvalue weighted by molar-refractivity contribution is 5.96. The number of hydrogen-bond donors (Lipinski definition) is 8. The summed E-state index contributed by atoms with van der Waals surface area (Å²) in [6.45, 7) is 9.61. The zero-order valence-electron chi connectivity index (χ0n) is 28.7. The Morgan fingerprint density at radius 3 is 2.38 bits per heavy atom. The molecule has 5 fully saturated rings. The summed E-state index contributed by atoms with van der Waals surface area (Å²) in [6.07, 6.45) is 0.672. The standard InChI is InChI=1S/C38H54O10/c1-18-7-6-11-38(33(45)19(18)2)36(5,46)32-28(48-38)17-37(47)23-15-26(42)30-29(20-8-9-24(40)25(41)13-20)31(44)27(43)16-34(30,3)22(23)14-21(10-12-39)35(32,37)4/h8-9,13,15,18-19,21-22,27-33,39-41,43-47H,6-7,10-12,14,16-17H2,1-5H3/t18-,19-,21-,22+,27-,28-,29+,30-,31-,32+,33-,34+,35+,36+,37-,38-/m0/s1. The second-order valence-electron chi connectivity index (χ2n) is 17.2. The van der Waals surface area contributed by atoms with E-state index >= 15 is 0 Å². The Hall–Kier alpha value is -2.05. The minimum Gasteiger partial charge on any atom is -0.504 e. The number of carbonyl (C=O) groups is 1. The number of phenols is 2. The lowest BCUT2D eigenvalue weighted by molar-refractivity contribution is -0.230. The Kier molecular flexibility index (Phi) is 7.86. The average Bonchev–Trinajstić information content (AvgIpc) is 3.35. The number of ether oxygens (including phenoxy) is 1. The van der Waals surface area contributed by atoms with Crippen molar-refractivity contribution in [3.8, 4) is 11.5 Å². The van der Waals surface area contributed by atoms with Crippen LogP contribution in [-0.2, 0) is 9.53 Å². The second kappa shape index (κ2) is 11.0. The summed E-state index contributed by atoms with van der Waals surface area (Å²) in [4.78, 5) is 14.4. The number of hydrogen-bond acceptors (Lipinski definition) is 10. The van der Waals surface area contributed by atoms with E-state index in [1.54, 1.807) is 13.0 Å². The van der Waals surface area contributed by atoms with Crippen molar-refractivity contribution >= 4 is 5.78 Å². The van der Waals surface area contributed by atoms with Crippen LogP contribution in [0.25, 0.3) is 0 Å². The van der Waals surface area contributed by atoms with E-state index in [0.29, 0.717) is 30.4 Å². The van der Waals surface area contributed by atoms with Gasteiger partial charge in [0.2, 0.25) is 0 Å². The molecule has 1 saturated heterocycles. The molecule has 16 atom stereocenters. The van der Waals surface area contributed by atoms with Gasteiger partial charge in [0, 0.05) is 36.2 Å². The van der Waals surface area contributed by atoms with Crippen LogP contribution >= 0.6 is 0 Å². The summed E-state index contributed by atoms with van der Waals surface area (Å²) in [5, 5.41) is 91.2. The first-order valence-corrected chi connectivity index (χ1v) is 18.0.